The van der Waals surface area contributed by atoms with E-state index in [-0.39, 0.29) is 5.69 Å². The second-order valence-electron chi connectivity index (χ2n) is 3.22. The van der Waals surface area contributed by atoms with E-state index in [9.17, 15) is 4.39 Å². The zero-order chi connectivity index (χ0) is 11.3. The second-order valence-corrected chi connectivity index (χ2v) is 3.62. The van der Waals surface area contributed by atoms with Crippen LogP contribution in [0.1, 0.15) is 20.3 Å². The van der Waals surface area contributed by atoms with Gasteiger partial charge in [0.1, 0.15) is 11.5 Å². The fraction of sp³-hybridized carbons (Fsp3) is 0.250. The van der Waals surface area contributed by atoms with Crippen molar-refractivity contribution in [2.75, 3.05) is 0 Å². The average molecular weight is 226 g/mol. The van der Waals surface area contributed by atoms with E-state index in [2.05, 4.69) is 11.9 Å². The van der Waals surface area contributed by atoms with Crippen molar-refractivity contribution in [3.63, 3.8) is 0 Å². The SMILES string of the molecule is CCC(C)=CC=Nc1c(F)cccc1Cl. The summed E-state index contributed by atoms with van der Waals surface area (Å²) in [6.45, 7) is 4.05. The standard InChI is InChI=1S/C12H13ClFN/c1-3-9(2)7-8-15-12-10(13)5-4-6-11(12)14/h4-8H,3H2,1-2H3. The van der Waals surface area contributed by atoms with Crippen molar-refractivity contribution in [2.24, 2.45) is 4.99 Å². The van der Waals surface area contributed by atoms with Crippen LogP contribution in [-0.4, -0.2) is 6.21 Å². The van der Waals surface area contributed by atoms with Crippen molar-refractivity contribution in [1.29, 1.82) is 0 Å². The van der Waals surface area contributed by atoms with Gasteiger partial charge in [0.05, 0.1) is 5.02 Å². The van der Waals surface area contributed by atoms with Crippen LogP contribution in [0.15, 0.2) is 34.8 Å². The Balaban J connectivity index is 2.90. The minimum absolute atomic E-state index is 0.194. The molecule has 0 spiro atoms. The van der Waals surface area contributed by atoms with Crippen LogP contribution in [0.5, 0.6) is 0 Å². The van der Waals surface area contributed by atoms with Crippen LogP contribution in [0.3, 0.4) is 0 Å². The fourth-order valence-electron chi connectivity index (χ4n) is 0.969. The van der Waals surface area contributed by atoms with E-state index in [4.69, 9.17) is 11.6 Å². The van der Waals surface area contributed by atoms with Gasteiger partial charge in [-0.2, -0.15) is 0 Å². The van der Waals surface area contributed by atoms with Crippen molar-refractivity contribution in [1.82, 2.24) is 0 Å². The van der Waals surface area contributed by atoms with Gasteiger partial charge in [0.15, 0.2) is 0 Å². The molecular formula is C12H13ClFN. The topological polar surface area (TPSA) is 12.4 Å². The number of hydrogen-bond acceptors (Lipinski definition) is 1. The Morgan fingerprint density at radius 3 is 2.87 bits per heavy atom. The monoisotopic (exact) mass is 225 g/mol. The second kappa shape index (κ2) is 5.66. The van der Waals surface area contributed by atoms with E-state index in [0.717, 1.165) is 6.42 Å². The number of benzene rings is 1. The van der Waals surface area contributed by atoms with Gasteiger partial charge < -0.3 is 0 Å². The molecule has 1 rings (SSSR count). The minimum atomic E-state index is -0.402. The molecule has 3 heteroatoms. The van der Waals surface area contributed by atoms with Gasteiger partial charge in [-0.15, -0.1) is 0 Å². The van der Waals surface area contributed by atoms with Crippen LogP contribution < -0.4 is 0 Å². The Kier molecular flexibility index (Phi) is 4.50. The molecule has 0 unspecified atom stereocenters. The molecule has 0 saturated heterocycles. The highest BCUT2D eigenvalue weighted by atomic mass is 35.5. The minimum Gasteiger partial charge on any atom is -0.252 e. The third-order valence-corrected chi connectivity index (χ3v) is 2.36. The first-order valence-electron chi connectivity index (χ1n) is 4.79. The number of aliphatic imine (C=N–C) groups is 1. The molecule has 1 aromatic carbocycles. The normalized spacial score (nSPS) is 12.4. The molecule has 0 amide bonds. The zero-order valence-electron chi connectivity index (χ0n) is 8.80. The highest BCUT2D eigenvalue weighted by Gasteiger charge is 2.02. The molecule has 0 aliphatic rings. The predicted octanol–water partition coefficient (Wildman–Crippen LogP) is 4.54. The van der Waals surface area contributed by atoms with Gasteiger partial charge >= 0.3 is 0 Å². The first kappa shape index (κ1) is 11.9. The Hall–Kier alpha value is -1.15. The molecule has 80 valence electrons. The molecule has 0 fully saturated rings. The lowest BCUT2D eigenvalue weighted by molar-refractivity contribution is 0.630. The van der Waals surface area contributed by atoms with Crippen LogP contribution in [0.2, 0.25) is 5.02 Å². The molecule has 15 heavy (non-hydrogen) atoms. The average Bonchev–Trinajstić information content (AvgIpc) is 2.22. The van der Waals surface area contributed by atoms with Crippen LogP contribution in [0, 0.1) is 5.82 Å². The van der Waals surface area contributed by atoms with Gasteiger partial charge in [0.2, 0.25) is 0 Å². The smallest absolute Gasteiger partial charge is 0.150 e. The Labute approximate surface area is 94.3 Å². The van der Waals surface area contributed by atoms with E-state index in [1.807, 2.05) is 13.0 Å². The number of nitrogens with zero attached hydrogens (tertiary/aromatic N) is 1. The summed E-state index contributed by atoms with van der Waals surface area (Å²) in [5, 5.41) is 0.328. The van der Waals surface area contributed by atoms with Gasteiger partial charge in [0, 0.05) is 6.21 Å². The third kappa shape index (κ3) is 3.48. The summed E-state index contributed by atoms with van der Waals surface area (Å²) in [5.74, 6) is -0.402. The van der Waals surface area contributed by atoms with Crippen LogP contribution >= 0.6 is 11.6 Å². The van der Waals surface area contributed by atoms with Crippen molar-refractivity contribution in [2.45, 2.75) is 20.3 Å². The molecule has 0 N–H and O–H groups in total. The molecule has 0 atom stereocenters. The maximum atomic E-state index is 13.2. The summed E-state index contributed by atoms with van der Waals surface area (Å²) in [6, 6.07) is 4.52. The van der Waals surface area contributed by atoms with E-state index in [0.29, 0.717) is 5.02 Å². The summed E-state index contributed by atoms with van der Waals surface area (Å²) in [5.41, 5.74) is 1.38. The molecule has 0 aliphatic heterocycles. The maximum Gasteiger partial charge on any atom is 0.150 e. The van der Waals surface area contributed by atoms with E-state index >= 15 is 0 Å². The number of hydrogen-bond donors (Lipinski definition) is 0. The summed E-state index contributed by atoms with van der Waals surface area (Å²) >= 11 is 5.80. The van der Waals surface area contributed by atoms with Gasteiger partial charge in [-0.1, -0.05) is 30.2 Å². The highest BCUT2D eigenvalue weighted by Crippen LogP contribution is 2.27. The van der Waals surface area contributed by atoms with Crippen LogP contribution in [0.4, 0.5) is 10.1 Å². The van der Waals surface area contributed by atoms with Gasteiger partial charge in [0.25, 0.3) is 0 Å². The van der Waals surface area contributed by atoms with E-state index < -0.39 is 5.82 Å². The van der Waals surface area contributed by atoms with Crippen molar-refractivity contribution in [3.05, 3.63) is 40.7 Å². The van der Waals surface area contributed by atoms with Crippen LogP contribution in [0.25, 0.3) is 0 Å². The molecule has 1 aromatic rings. The molecular weight excluding hydrogens is 213 g/mol. The Morgan fingerprint density at radius 2 is 2.27 bits per heavy atom. The predicted molar refractivity (Wildman–Crippen MR) is 63.6 cm³/mol. The van der Waals surface area contributed by atoms with Crippen molar-refractivity contribution < 1.29 is 4.39 Å². The molecule has 0 aliphatic carbocycles. The first-order valence-corrected chi connectivity index (χ1v) is 5.16. The molecule has 0 aromatic heterocycles. The Morgan fingerprint density at radius 1 is 1.53 bits per heavy atom. The molecule has 0 saturated carbocycles. The van der Waals surface area contributed by atoms with E-state index in [1.165, 1.54) is 11.6 Å². The highest BCUT2D eigenvalue weighted by molar-refractivity contribution is 6.33. The third-order valence-electron chi connectivity index (χ3n) is 2.06. The summed E-state index contributed by atoms with van der Waals surface area (Å²) < 4.78 is 13.2. The lowest BCUT2D eigenvalue weighted by Gasteiger charge is -1.98. The van der Waals surface area contributed by atoms with Crippen molar-refractivity contribution >= 4 is 23.5 Å². The zero-order valence-corrected chi connectivity index (χ0v) is 9.55. The number of halogens is 2. The number of para-hydroxylation sites is 1. The van der Waals surface area contributed by atoms with Gasteiger partial charge in [-0.3, -0.25) is 4.99 Å². The molecule has 0 heterocycles. The summed E-state index contributed by atoms with van der Waals surface area (Å²) in [6.07, 6.45) is 4.38. The molecule has 0 radical (unpaired) electrons. The number of rotatable bonds is 3. The summed E-state index contributed by atoms with van der Waals surface area (Å²) in [4.78, 5) is 3.98. The molecule has 0 bridgehead atoms. The summed E-state index contributed by atoms with van der Waals surface area (Å²) in [7, 11) is 0. The first-order chi connectivity index (χ1) is 7.15. The van der Waals surface area contributed by atoms with Gasteiger partial charge in [-0.25, -0.2) is 4.39 Å². The Bertz CT molecular complexity index is 376. The van der Waals surface area contributed by atoms with Gasteiger partial charge in [-0.05, 0) is 31.6 Å². The largest absolute Gasteiger partial charge is 0.252 e. The maximum absolute atomic E-state index is 13.2. The fourth-order valence-corrected chi connectivity index (χ4v) is 1.18. The lowest BCUT2D eigenvalue weighted by Crippen LogP contribution is -1.78. The lowest BCUT2D eigenvalue weighted by atomic mass is 10.2. The molecule has 1 nitrogen and oxygen atoms in total. The van der Waals surface area contributed by atoms with Crippen LogP contribution in [-0.2, 0) is 0 Å². The number of allylic oxidation sites excluding steroid dienone is 2. The van der Waals surface area contributed by atoms with E-state index in [1.54, 1.807) is 18.3 Å². The van der Waals surface area contributed by atoms with Crippen molar-refractivity contribution in [3.8, 4) is 0 Å². The quantitative estimate of drug-likeness (QED) is 0.670.